The highest BCUT2D eigenvalue weighted by Gasteiger charge is 2.38. The zero-order valence-electron chi connectivity index (χ0n) is 20.6. The maximum atomic E-state index is 13.2. The minimum absolute atomic E-state index is 0.139. The molecule has 4 heterocycles. The number of carbonyl (C=O) groups excluding carboxylic acids is 1. The molecule has 1 aliphatic carbocycles. The van der Waals surface area contributed by atoms with E-state index in [2.05, 4.69) is 25.1 Å². The molecule has 0 spiro atoms. The molecule has 0 amide bonds. The summed E-state index contributed by atoms with van der Waals surface area (Å²) in [5.41, 5.74) is 6.27. The number of aromatic nitrogens is 3. The van der Waals surface area contributed by atoms with Crippen LogP contribution < -0.4 is 15.8 Å². The van der Waals surface area contributed by atoms with Gasteiger partial charge in [0.25, 0.3) is 5.56 Å². The maximum absolute atomic E-state index is 13.2. The maximum Gasteiger partial charge on any atom is 0.274 e. The summed E-state index contributed by atoms with van der Waals surface area (Å²) in [6.45, 7) is 1.26. The van der Waals surface area contributed by atoms with E-state index in [1.807, 2.05) is 24.4 Å². The number of hydrogen-bond acceptors (Lipinski definition) is 8. The van der Waals surface area contributed by atoms with Crippen molar-refractivity contribution in [3.8, 4) is 11.1 Å². The van der Waals surface area contributed by atoms with Gasteiger partial charge in [-0.2, -0.15) is 0 Å². The van der Waals surface area contributed by atoms with Crippen LogP contribution in [-0.2, 0) is 18.4 Å². The van der Waals surface area contributed by atoms with Crippen molar-refractivity contribution < 1.29 is 9.90 Å². The minimum Gasteiger partial charge on any atom is -0.392 e. The van der Waals surface area contributed by atoms with Gasteiger partial charge in [-0.25, -0.2) is 9.97 Å². The highest BCUT2D eigenvalue weighted by atomic mass is 16.3. The lowest BCUT2D eigenvalue weighted by Gasteiger charge is -2.35. The van der Waals surface area contributed by atoms with Crippen molar-refractivity contribution in [3.63, 3.8) is 0 Å². The van der Waals surface area contributed by atoms with Crippen molar-refractivity contribution in [2.75, 3.05) is 23.3 Å². The molecule has 0 radical (unpaired) electrons. The molecule has 0 atom stereocenters. The number of anilines is 3. The van der Waals surface area contributed by atoms with Gasteiger partial charge in [-0.1, -0.05) is 12.1 Å². The molecule has 2 aromatic heterocycles. The number of aliphatic hydroxyl groups is 1. The third kappa shape index (κ3) is 4.01. The number of nitrogens with zero attached hydrogens (tertiary/aromatic N) is 5. The van der Waals surface area contributed by atoms with Gasteiger partial charge in [0.05, 0.1) is 6.61 Å². The monoisotopic (exact) mass is 496 g/mol. The molecular formula is C28H28N6O3. The van der Waals surface area contributed by atoms with Crippen LogP contribution in [-0.4, -0.2) is 43.4 Å². The van der Waals surface area contributed by atoms with Gasteiger partial charge < -0.3 is 24.8 Å². The number of allylic oxidation sites excluding steroid dienone is 2. The lowest BCUT2D eigenvalue weighted by Crippen LogP contribution is -2.37. The number of rotatable bonds is 5. The van der Waals surface area contributed by atoms with E-state index in [-0.39, 0.29) is 17.9 Å². The van der Waals surface area contributed by atoms with Crippen LogP contribution in [0.3, 0.4) is 0 Å². The molecule has 0 unspecified atom stereocenters. The minimum atomic E-state index is -0.193. The van der Waals surface area contributed by atoms with Crippen LogP contribution in [0.2, 0.25) is 0 Å². The number of pyridine rings is 1. The Morgan fingerprint density at radius 1 is 1.11 bits per heavy atom. The first-order valence-electron chi connectivity index (χ1n) is 12.5. The van der Waals surface area contributed by atoms with Crippen LogP contribution >= 0.6 is 0 Å². The molecule has 0 fully saturated rings. The Labute approximate surface area is 214 Å². The summed E-state index contributed by atoms with van der Waals surface area (Å²) in [5, 5.41) is 13.6. The normalized spacial score (nSPS) is 17.0. The summed E-state index contributed by atoms with van der Waals surface area (Å²) in [6.07, 6.45) is 10.7. The molecule has 0 bridgehead atoms. The van der Waals surface area contributed by atoms with Crippen LogP contribution in [0.15, 0.2) is 77.0 Å². The number of ketones is 1. The number of benzene rings is 1. The SMILES string of the molecule is Cn1cc(-c2cccc(N3C=C4C(=O)C5=C(CCCC5)N4CC3)c2CO)cc(Nc2ccncn2)c1=O. The van der Waals surface area contributed by atoms with Crippen LogP contribution in [0.4, 0.5) is 17.2 Å². The number of fused-ring (bicyclic) bond motifs is 2. The number of carbonyl (C=O) groups is 1. The summed E-state index contributed by atoms with van der Waals surface area (Å²) in [5.74, 6) is 0.655. The first kappa shape index (κ1) is 23.2. The molecule has 3 aliphatic rings. The summed E-state index contributed by atoms with van der Waals surface area (Å²) in [6, 6.07) is 9.31. The van der Waals surface area contributed by atoms with E-state index in [1.165, 1.54) is 16.6 Å². The van der Waals surface area contributed by atoms with Crippen molar-refractivity contribution in [3.05, 3.63) is 88.1 Å². The molecule has 37 heavy (non-hydrogen) atoms. The van der Waals surface area contributed by atoms with Gasteiger partial charge in [0.15, 0.2) is 0 Å². The van der Waals surface area contributed by atoms with Crippen LogP contribution in [0.1, 0.15) is 31.2 Å². The number of hydrogen-bond donors (Lipinski definition) is 2. The van der Waals surface area contributed by atoms with Crippen molar-refractivity contribution in [2.45, 2.75) is 32.3 Å². The highest BCUT2D eigenvalue weighted by molar-refractivity contribution is 6.11. The fourth-order valence-electron chi connectivity index (χ4n) is 5.58. The van der Waals surface area contributed by atoms with Crippen molar-refractivity contribution in [1.29, 1.82) is 0 Å². The van der Waals surface area contributed by atoms with E-state index >= 15 is 0 Å². The second-order valence-electron chi connectivity index (χ2n) is 9.56. The molecule has 6 rings (SSSR count). The van der Waals surface area contributed by atoms with Crippen molar-refractivity contribution in [1.82, 2.24) is 19.4 Å². The first-order chi connectivity index (χ1) is 18.0. The average Bonchev–Trinajstić information content (AvgIpc) is 3.22. The smallest absolute Gasteiger partial charge is 0.274 e. The summed E-state index contributed by atoms with van der Waals surface area (Å²) >= 11 is 0. The van der Waals surface area contributed by atoms with Crippen molar-refractivity contribution >= 4 is 23.0 Å². The number of aryl methyl sites for hydroxylation is 1. The van der Waals surface area contributed by atoms with E-state index in [4.69, 9.17) is 0 Å². The van der Waals surface area contributed by atoms with Gasteiger partial charge in [-0.05, 0) is 49.4 Å². The number of aliphatic hydroxyl groups excluding tert-OH is 1. The van der Waals surface area contributed by atoms with Crippen LogP contribution in [0.5, 0.6) is 0 Å². The van der Waals surface area contributed by atoms with Gasteiger partial charge in [-0.15, -0.1) is 0 Å². The van der Waals surface area contributed by atoms with E-state index in [0.717, 1.165) is 65.9 Å². The number of nitrogens with one attached hydrogen (secondary N) is 1. The lowest BCUT2D eigenvalue weighted by atomic mass is 9.96. The molecule has 2 aliphatic heterocycles. The molecule has 1 aromatic carbocycles. The summed E-state index contributed by atoms with van der Waals surface area (Å²) < 4.78 is 1.51. The Balaban J connectivity index is 1.38. The Morgan fingerprint density at radius 3 is 2.78 bits per heavy atom. The largest absolute Gasteiger partial charge is 0.392 e. The van der Waals surface area contributed by atoms with E-state index in [9.17, 15) is 14.7 Å². The zero-order chi connectivity index (χ0) is 25.5. The quantitative estimate of drug-likeness (QED) is 0.554. The van der Waals surface area contributed by atoms with Crippen LogP contribution in [0.25, 0.3) is 11.1 Å². The summed E-state index contributed by atoms with van der Waals surface area (Å²) in [7, 11) is 1.70. The summed E-state index contributed by atoms with van der Waals surface area (Å²) in [4.78, 5) is 38.3. The third-order valence-electron chi connectivity index (χ3n) is 7.36. The van der Waals surface area contributed by atoms with E-state index in [0.29, 0.717) is 18.1 Å². The molecule has 2 N–H and O–H groups in total. The van der Waals surface area contributed by atoms with Crippen molar-refractivity contribution in [2.24, 2.45) is 7.05 Å². The Kier molecular flexibility index (Phi) is 5.84. The van der Waals surface area contributed by atoms with Gasteiger partial charge in [0, 0.05) is 66.8 Å². The fourth-order valence-corrected chi connectivity index (χ4v) is 5.58. The second kappa shape index (κ2) is 9.33. The van der Waals surface area contributed by atoms with E-state index in [1.54, 1.807) is 31.6 Å². The Bertz CT molecular complexity index is 1510. The highest BCUT2D eigenvalue weighted by Crippen LogP contribution is 2.41. The van der Waals surface area contributed by atoms with Gasteiger partial charge in [0.2, 0.25) is 5.78 Å². The molecule has 188 valence electrons. The standard InChI is InChI=1S/C28H28N6O3/c1-32-14-18(13-22(28(32)37)31-26-9-10-29-17-30-26)19-6-4-8-23(21(19)16-35)33-11-12-34-24-7-3-2-5-20(24)27(36)25(34)15-33/h4,6,8-10,13-15,17,35H,2-3,5,7,11-12,16H2,1H3,(H,29,30,31). The predicted octanol–water partition coefficient (Wildman–Crippen LogP) is 3.45. The van der Waals surface area contributed by atoms with Gasteiger partial charge >= 0.3 is 0 Å². The molecular weight excluding hydrogens is 468 g/mol. The zero-order valence-corrected chi connectivity index (χ0v) is 20.6. The van der Waals surface area contributed by atoms with E-state index < -0.39 is 0 Å². The second-order valence-corrected chi connectivity index (χ2v) is 9.56. The van der Waals surface area contributed by atoms with Crippen LogP contribution in [0, 0.1) is 0 Å². The lowest BCUT2D eigenvalue weighted by molar-refractivity contribution is -0.112. The fraction of sp³-hybridized carbons (Fsp3) is 0.286. The molecule has 3 aromatic rings. The van der Waals surface area contributed by atoms with Gasteiger partial charge in [-0.3, -0.25) is 9.59 Å². The molecule has 0 saturated heterocycles. The Hall–Kier alpha value is -4.24. The molecule has 9 nitrogen and oxygen atoms in total. The molecule has 0 saturated carbocycles. The average molecular weight is 497 g/mol. The van der Waals surface area contributed by atoms with Gasteiger partial charge in [0.1, 0.15) is 23.5 Å². The first-order valence-corrected chi connectivity index (χ1v) is 12.5. The third-order valence-corrected chi connectivity index (χ3v) is 7.36. The molecule has 9 heteroatoms. The number of Topliss-reactive ketones (excluding diaryl/α,β-unsaturated/α-hetero) is 1. The Morgan fingerprint density at radius 2 is 1.97 bits per heavy atom. The predicted molar refractivity (Wildman–Crippen MR) is 141 cm³/mol. The topological polar surface area (TPSA) is 104 Å².